The normalized spacial score (nSPS) is 46.5. The predicted octanol–water partition coefficient (Wildman–Crippen LogP) is 0.932. The Labute approximate surface area is 122 Å². The molecule has 6 heteroatoms. The largest absolute Gasteiger partial charge is 0.367 e. The van der Waals surface area contributed by atoms with Crippen LogP contribution in [0.25, 0.3) is 0 Å². The molecule has 0 radical (unpaired) electrons. The summed E-state index contributed by atoms with van der Waals surface area (Å²) in [6.07, 6.45) is -0.0780. The van der Waals surface area contributed by atoms with E-state index in [-0.39, 0.29) is 28.6 Å². The highest BCUT2D eigenvalue weighted by Crippen LogP contribution is 2.66. The lowest BCUT2D eigenvalue weighted by Crippen LogP contribution is -2.44. The minimum atomic E-state index is -3.61. The molecular formula is C15H14O5S. The van der Waals surface area contributed by atoms with E-state index in [1.54, 1.807) is 30.3 Å². The van der Waals surface area contributed by atoms with Crippen LogP contribution in [-0.2, 0) is 24.1 Å². The van der Waals surface area contributed by atoms with Crippen LogP contribution in [0.1, 0.15) is 12.8 Å². The zero-order chi connectivity index (χ0) is 14.4. The van der Waals surface area contributed by atoms with E-state index in [9.17, 15) is 13.2 Å². The van der Waals surface area contributed by atoms with Gasteiger partial charge in [-0.1, -0.05) is 18.2 Å². The number of hydrogen-bond donors (Lipinski definition) is 0. The summed E-state index contributed by atoms with van der Waals surface area (Å²) in [6, 6.07) is 8.37. The minimum absolute atomic E-state index is 0.000243. The molecule has 6 atom stereocenters. The first-order valence-electron chi connectivity index (χ1n) is 7.23. The molecule has 4 fully saturated rings. The average molecular weight is 306 g/mol. The molecule has 2 bridgehead atoms. The molecule has 5 rings (SSSR count). The minimum Gasteiger partial charge on any atom is -0.367 e. The van der Waals surface area contributed by atoms with E-state index in [4.69, 9.17) is 9.47 Å². The molecule has 5 nitrogen and oxygen atoms in total. The van der Waals surface area contributed by atoms with Crippen LogP contribution in [-0.4, -0.2) is 37.4 Å². The number of epoxide rings is 1. The third kappa shape index (κ3) is 1.22. The Morgan fingerprint density at radius 2 is 1.90 bits per heavy atom. The number of carbonyl (C=O) groups is 1. The molecule has 110 valence electrons. The lowest BCUT2D eigenvalue weighted by atomic mass is 9.81. The van der Waals surface area contributed by atoms with Crippen LogP contribution in [0, 0.1) is 11.8 Å². The lowest BCUT2D eigenvalue weighted by Gasteiger charge is -2.24. The summed E-state index contributed by atoms with van der Waals surface area (Å²) < 4.78 is 37.5. The number of benzene rings is 1. The van der Waals surface area contributed by atoms with Crippen LogP contribution >= 0.6 is 0 Å². The van der Waals surface area contributed by atoms with Crippen LogP contribution in [0.2, 0.25) is 0 Å². The maximum absolute atomic E-state index is 13.0. The standard InChI is InChI=1S/C15H14O5S/c16-10-7-6-9-11(10)12-14-15(20-14,13(9)19-12)21(17,18)8-4-2-1-3-5-8/h1-5,9,11-14H,6-7H2/t9-,11-,12+,13-,14+,15+/m1/s1. The molecule has 0 unspecified atom stereocenters. The summed E-state index contributed by atoms with van der Waals surface area (Å²) in [6.45, 7) is 0. The van der Waals surface area contributed by atoms with Gasteiger partial charge in [-0.05, 0) is 18.6 Å². The Hall–Kier alpha value is -1.24. The molecule has 3 aliphatic heterocycles. The lowest BCUT2D eigenvalue weighted by molar-refractivity contribution is -0.123. The highest BCUT2D eigenvalue weighted by atomic mass is 32.2. The second kappa shape index (κ2) is 3.56. The van der Waals surface area contributed by atoms with Crippen LogP contribution in [0.15, 0.2) is 35.2 Å². The molecule has 0 spiro atoms. The van der Waals surface area contributed by atoms with Crippen LogP contribution < -0.4 is 0 Å². The predicted molar refractivity (Wildman–Crippen MR) is 71.1 cm³/mol. The van der Waals surface area contributed by atoms with Crippen molar-refractivity contribution in [3.63, 3.8) is 0 Å². The van der Waals surface area contributed by atoms with Crippen molar-refractivity contribution < 1.29 is 22.7 Å². The van der Waals surface area contributed by atoms with Gasteiger partial charge in [0.1, 0.15) is 18.0 Å². The number of ketones is 1. The molecule has 3 heterocycles. The van der Waals surface area contributed by atoms with Gasteiger partial charge < -0.3 is 9.47 Å². The SMILES string of the molecule is O=C1CC[C@@H]2[C@H]1[C@@H]1O[C@H]2[C@@]2(S(=O)(=O)c3ccccc3)O[C@@H]12. The Bertz CT molecular complexity index is 741. The van der Waals surface area contributed by atoms with Gasteiger partial charge in [-0.25, -0.2) is 8.42 Å². The molecule has 1 aromatic carbocycles. The molecule has 3 saturated heterocycles. The summed E-state index contributed by atoms with van der Waals surface area (Å²) in [7, 11) is -3.61. The van der Waals surface area contributed by atoms with E-state index >= 15 is 0 Å². The topological polar surface area (TPSA) is 73.0 Å². The molecule has 0 amide bonds. The van der Waals surface area contributed by atoms with E-state index in [1.165, 1.54) is 0 Å². The van der Waals surface area contributed by atoms with Gasteiger partial charge in [0.25, 0.3) is 0 Å². The van der Waals surface area contributed by atoms with Crippen LogP contribution in [0.3, 0.4) is 0 Å². The second-order valence-electron chi connectivity index (χ2n) is 6.29. The third-order valence-electron chi connectivity index (χ3n) is 5.42. The second-order valence-corrected chi connectivity index (χ2v) is 8.41. The quantitative estimate of drug-likeness (QED) is 0.760. The van der Waals surface area contributed by atoms with Crippen molar-refractivity contribution in [2.24, 2.45) is 11.8 Å². The molecule has 0 N–H and O–H groups in total. The molecule has 4 aliphatic rings. The van der Waals surface area contributed by atoms with Crippen molar-refractivity contribution in [3.05, 3.63) is 30.3 Å². The Morgan fingerprint density at radius 3 is 2.67 bits per heavy atom. The van der Waals surface area contributed by atoms with Crippen molar-refractivity contribution in [3.8, 4) is 0 Å². The smallest absolute Gasteiger partial charge is 0.229 e. The zero-order valence-corrected chi connectivity index (χ0v) is 12.0. The van der Waals surface area contributed by atoms with Gasteiger partial charge in [-0.3, -0.25) is 4.79 Å². The number of hydrogen-bond acceptors (Lipinski definition) is 5. The highest BCUT2D eigenvalue weighted by Gasteiger charge is 2.85. The van der Waals surface area contributed by atoms with Gasteiger partial charge >= 0.3 is 0 Å². The fourth-order valence-corrected chi connectivity index (χ4v) is 6.60. The van der Waals surface area contributed by atoms with Crippen molar-refractivity contribution in [1.29, 1.82) is 0 Å². The monoisotopic (exact) mass is 306 g/mol. The Balaban J connectivity index is 1.60. The summed E-state index contributed by atoms with van der Waals surface area (Å²) in [5.41, 5.74) is 0. The highest BCUT2D eigenvalue weighted by molar-refractivity contribution is 7.93. The number of carbonyl (C=O) groups excluding carboxylic acids is 1. The summed E-state index contributed by atoms with van der Waals surface area (Å²) >= 11 is 0. The summed E-state index contributed by atoms with van der Waals surface area (Å²) in [5, 5.41) is 0. The van der Waals surface area contributed by atoms with E-state index in [1.807, 2.05) is 0 Å². The summed E-state index contributed by atoms with van der Waals surface area (Å²) in [4.78, 5) is 11.0. The molecule has 1 saturated carbocycles. The first-order valence-corrected chi connectivity index (χ1v) is 8.71. The van der Waals surface area contributed by atoms with Crippen molar-refractivity contribution >= 4 is 15.6 Å². The molecule has 1 aromatic rings. The van der Waals surface area contributed by atoms with Crippen LogP contribution in [0.5, 0.6) is 0 Å². The number of rotatable bonds is 2. The maximum Gasteiger partial charge on any atom is 0.229 e. The fourth-order valence-electron chi connectivity index (χ4n) is 4.51. The zero-order valence-electron chi connectivity index (χ0n) is 11.1. The average Bonchev–Trinajstić information content (AvgIpc) is 2.83. The molecule has 0 aromatic heterocycles. The van der Waals surface area contributed by atoms with Crippen molar-refractivity contribution in [2.75, 3.05) is 0 Å². The van der Waals surface area contributed by atoms with Gasteiger partial charge in [0, 0.05) is 12.3 Å². The third-order valence-corrected chi connectivity index (χ3v) is 7.72. The molecular weight excluding hydrogens is 292 g/mol. The van der Waals surface area contributed by atoms with Crippen LogP contribution in [0.4, 0.5) is 0 Å². The molecule has 1 aliphatic carbocycles. The van der Waals surface area contributed by atoms with E-state index in [0.29, 0.717) is 12.8 Å². The Morgan fingerprint density at radius 1 is 1.14 bits per heavy atom. The van der Waals surface area contributed by atoms with Gasteiger partial charge in [0.15, 0.2) is 0 Å². The molecule has 21 heavy (non-hydrogen) atoms. The van der Waals surface area contributed by atoms with E-state index < -0.39 is 27.0 Å². The van der Waals surface area contributed by atoms with E-state index in [0.717, 1.165) is 0 Å². The summed E-state index contributed by atoms with van der Waals surface area (Å²) in [5.74, 6) is 0.0510. The number of sulfone groups is 1. The van der Waals surface area contributed by atoms with Crippen molar-refractivity contribution in [1.82, 2.24) is 0 Å². The van der Waals surface area contributed by atoms with Gasteiger partial charge in [0.05, 0.1) is 16.9 Å². The fraction of sp³-hybridized carbons (Fsp3) is 0.533. The first-order chi connectivity index (χ1) is 10.1. The number of fused-ring (bicyclic) bond motifs is 8. The van der Waals surface area contributed by atoms with Crippen molar-refractivity contribution in [2.45, 2.75) is 41.0 Å². The number of Topliss-reactive ketones (excluding diaryl/α,β-unsaturated/α-hetero) is 1. The first kappa shape index (κ1) is 12.3. The van der Waals surface area contributed by atoms with E-state index in [2.05, 4.69) is 0 Å². The van der Waals surface area contributed by atoms with Gasteiger partial charge in [-0.2, -0.15) is 0 Å². The number of ether oxygens (including phenoxy) is 2. The van der Waals surface area contributed by atoms with Gasteiger partial charge in [0.2, 0.25) is 14.8 Å². The van der Waals surface area contributed by atoms with Gasteiger partial charge in [-0.15, -0.1) is 0 Å². The Kier molecular flexibility index (Phi) is 2.09. The maximum atomic E-state index is 13.0.